The summed E-state index contributed by atoms with van der Waals surface area (Å²) in [4.78, 5) is 30.9. The molecule has 0 aliphatic rings. The topological polar surface area (TPSA) is 80.8 Å². The van der Waals surface area contributed by atoms with Crippen molar-refractivity contribution in [2.75, 3.05) is 27.3 Å². The molecule has 0 spiro atoms. The summed E-state index contributed by atoms with van der Waals surface area (Å²) in [5.74, 6) is 0.989. The van der Waals surface area contributed by atoms with Crippen molar-refractivity contribution >= 4 is 23.2 Å². The van der Waals surface area contributed by atoms with Crippen molar-refractivity contribution in [2.45, 2.75) is 26.3 Å². The predicted molar refractivity (Wildman–Crippen MR) is 130 cm³/mol. The Morgan fingerprint density at radius 3 is 2.45 bits per heavy atom. The summed E-state index contributed by atoms with van der Waals surface area (Å²) in [7, 11) is 3.37. The van der Waals surface area contributed by atoms with Crippen LogP contribution in [0.3, 0.4) is 0 Å². The minimum Gasteiger partial charge on any atom is -0.494 e. The Hall–Kier alpha value is -3.39. The number of carbonyl (C=O) groups excluding carboxylic acids is 2. The highest BCUT2D eigenvalue weighted by Crippen LogP contribution is 2.29. The molecule has 0 radical (unpaired) electrons. The monoisotopic (exact) mass is 467 g/mol. The number of nitrogens with one attached hydrogen (secondary N) is 1. The first-order valence-corrected chi connectivity index (χ1v) is 11.7. The molecule has 0 aliphatic carbocycles. The third-order valence-electron chi connectivity index (χ3n) is 5.01. The molecule has 0 saturated carbocycles. The first kappa shape index (κ1) is 24.3. The van der Waals surface area contributed by atoms with E-state index < -0.39 is 0 Å². The summed E-state index contributed by atoms with van der Waals surface area (Å²) in [5, 5.41) is 5.57. The second-order valence-corrected chi connectivity index (χ2v) is 8.40. The van der Waals surface area contributed by atoms with Crippen LogP contribution >= 0.6 is 11.3 Å². The molecule has 1 aromatic heterocycles. The van der Waals surface area contributed by atoms with Crippen molar-refractivity contribution in [3.63, 3.8) is 0 Å². The Morgan fingerprint density at radius 2 is 1.79 bits per heavy atom. The number of carbonyl (C=O) groups is 2. The molecule has 3 aromatic rings. The van der Waals surface area contributed by atoms with E-state index in [4.69, 9.17) is 9.47 Å². The van der Waals surface area contributed by atoms with E-state index >= 15 is 0 Å². The Kier molecular flexibility index (Phi) is 8.43. The maximum atomic E-state index is 12.9. The van der Waals surface area contributed by atoms with E-state index in [9.17, 15) is 9.59 Å². The zero-order valence-corrected chi connectivity index (χ0v) is 20.1. The average molecular weight is 468 g/mol. The molecule has 2 aromatic carbocycles. The fourth-order valence-electron chi connectivity index (χ4n) is 3.17. The molecule has 0 saturated heterocycles. The molecule has 3 rings (SSSR count). The van der Waals surface area contributed by atoms with Gasteiger partial charge in [0, 0.05) is 30.6 Å². The number of ether oxygens (including phenoxy) is 2. The van der Waals surface area contributed by atoms with E-state index in [1.54, 1.807) is 25.5 Å². The summed E-state index contributed by atoms with van der Waals surface area (Å²) >= 11 is 1.42. The van der Waals surface area contributed by atoms with Gasteiger partial charge in [0.25, 0.3) is 11.8 Å². The highest BCUT2D eigenvalue weighted by Gasteiger charge is 2.20. The molecule has 0 aliphatic heterocycles. The van der Waals surface area contributed by atoms with Crippen molar-refractivity contribution in [3.05, 3.63) is 65.2 Å². The Balaban J connectivity index is 1.71. The molecule has 1 N–H and O–H groups in total. The summed E-state index contributed by atoms with van der Waals surface area (Å²) in [6.07, 6.45) is 0.656. The van der Waals surface area contributed by atoms with E-state index in [1.807, 2.05) is 56.3 Å². The molecule has 1 heterocycles. The van der Waals surface area contributed by atoms with Crippen LogP contribution in [-0.2, 0) is 4.79 Å². The Bertz CT molecular complexity index is 1080. The first-order valence-electron chi connectivity index (χ1n) is 10.8. The third kappa shape index (κ3) is 6.32. The zero-order chi connectivity index (χ0) is 23.8. The lowest BCUT2D eigenvalue weighted by Crippen LogP contribution is -2.30. The van der Waals surface area contributed by atoms with Crippen molar-refractivity contribution in [1.29, 1.82) is 0 Å². The van der Waals surface area contributed by atoms with Crippen molar-refractivity contribution in [3.8, 4) is 22.1 Å². The number of nitrogens with zero attached hydrogens (tertiary/aromatic N) is 2. The molecular formula is C25H29N3O4S. The van der Waals surface area contributed by atoms with Crippen LogP contribution in [0.2, 0.25) is 0 Å². The van der Waals surface area contributed by atoms with Crippen molar-refractivity contribution in [1.82, 2.24) is 15.2 Å². The van der Waals surface area contributed by atoms with Gasteiger partial charge in [0.05, 0.1) is 12.6 Å². The van der Waals surface area contributed by atoms with Crippen LogP contribution in [0.15, 0.2) is 53.9 Å². The largest absolute Gasteiger partial charge is 0.494 e. The molecule has 7 nitrogen and oxygen atoms in total. The molecular weight excluding hydrogens is 438 g/mol. The Morgan fingerprint density at radius 1 is 1.06 bits per heavy atom. The number of hydrogen-bond acceptors (Lipinski definition) is 6. The fourth-order valence-corrected chi connectivity index (χ4v) is 3.98. The third-order valence-corrected chi connectivity index (χ3v) is 5.90. The van der Waals surface area contributed by atoms with Gasteiger partial charge in [-0.25, -0.2) is 4.98 Å². The number of thiazole rings is 1. The number of likely N-dealkylation sites (N-methyl/N-ethyl adjacent to an activating group) is 1. The van der Waals surface area contributed by atoms with Gasteiger partial charge in [-0.05, 0) is 43.7 Å². The highest BCUT2D eigenvalue weighted by molar-refractivity contribution is 7.13. The second-order valence-electron chi connectivity index (χ2n) is 7.54. The molecule has 174 valence electrons. The van der Waals surface area contributed by atoms with Crippen molar-refractivity contribution in [2.24, 2.45) is 0 Å². The summed E-state index contributed by atoms with van der Waals surface area (Å²) in [6, 6.07) is 14.8. The number of hydrogen-bond donors (Lipinski definition) is 1. The van der Waals surface area contributed by atoms with Crippen LogP contribution in [0.4, 0.5) is 0 Å². The lowest BCUT2D eigenvalue weighted by Gasteiger charge is -2.20. The van der Waals surface area contributed by atoms with Gasteiger partial charge < -0.3 is 19.7 Å². The van der Waals surface area contributed by atoms with E-state index in [2.05, 4.69) is 10.3 Å². The van der Waals surface area contributed by atoms with Crippen molar-refractivity contribution < 1.29 is 19.1 Å². The minimum atomic E-state index is -0.279. The van der Waals surface area contributed by atoms with Crippen LogP contribution in [0.1, 0.15) is 42.4 Å². The maximum absolute atomic E-state index is 12.9. The van der Waals surface area contributed by atoms with Crippen LogP contribution in [-0.4, -0.2) is 49.0 Å². The lowest BCUT2D eigenvalue weighted by molar-refractivity contribution is -0.130. The van der Waals surface area contributed by atoms with Crippen LogP contribution < -0.4 is 14.8 Å². The van der Waals surface area contributed by atoms with Gasteiger partial charge in [0.15, 0.2) is 6.61 Å². The van der Waals surface area contributed by atoms with Gasteiger partial charge >= 0.3 is 0 Å². The summed E-state index contributed by atoms with van der Waals surface area (Å²) in [6.45, 7) is 4.47. The number of amides is 2. The average Bonchev–Trinajstić information content (AvgIpc) is 3.32. The van der Waals surface area contributed by atoms with Gasteiger partial charge in [-0.3, -0.25) is 9.59 Å². The molecule has 1 atom stereocenters. The fraction of sp³-hybridized carbons (Fsp3) is 0.320. The number of aromatic nitrogens is 1. The van der Waals surface area contributed by atoms with Crippen LogP contribution in [0.5, 0.6) is 11.5 Å². The summed E-state index contributed by atoms with van der Waals surface area (Å²) in [5.41, 5.74) is 2.12. The Labute approximate surface area is 198 Å². The van der Waals surface area contributed by atoms with Gasteiger partial charge in [0.2, 0.25) is 0 Å². The van der Waals surface area contributed by atoms with Gasteiger partial charge in [-0.1, -0.05) is 25.1 Å². The second kappa shape index (κ2) is 11.5. The minimum absolute atomic E-state index is 0.0636. The maximum Gasteiger partial charge on any atom is 0.271 e. The number of rotatable bonds is 10. The quantitative estimate of drug-likeness (QED) is 0.473. The molecule has 0 fully saturated rings. The molecule has 0 bridgehead atoms. The molecule has 33 heavy (non-hydrogen) atoms. The van der Waals surface area contributed by atoms with Crippen LogP contribution in [0.25, 0.3) is 10.6 Å². The summed E-state index contributed by atoms with van der Waals surface area (Å²) < 4.78 is 11.2. The van der Waals surface area contributed by atoms with E-state index in [1.165, 1.54) is 16.2 Å². The SMILES string of the molecule is CCOc1ccc(-c2nc(C(=O)NC(CC)c3ccccc3OCC(=O)N(C)C)cs2)cc1. The number of para-hydroxylation sites is 1. The van der Waals surface area contributed by atoms with E-state index in [0.29, 0.717) is 24.5 Å². The van der Waals surface area contributed by atoms with Gasteiger partial charge in [0.1, 0.15) is 22.2 Å². The first-order chi connectivity index (χ1) is 15.9. The van der Waals surface area contributed by atoms with Gasteiger partial charge in [-0.2, -0.15) is 0 Å². The molecule has 2 amide bonds. The lowest BCUT2D eigenvalue weighted by atomic mass is 10.0. The smallest absolute Gasteiger partial charge is 0.271 e. The predicted octanol–water partition coefficient (Wildman–Crippen LogP) is 4.56. The molecule has 8 heteroatoms. The zero-order valence-electron chi connectivity index (χ0n) is 19.3. The van der Waals surface area contributed by atoms with E-state index in [-0.39, 0.29) is 24.5 Å². The van der Waals surface area contributed by atoms with Crippen LogP contribution in [0, 0.1) is 0 Å². The highest BCUT2D eigenvalue weighted by atomic mass is 32.1. The van der Waals surface area contributed by atoms with E-state index in [0.717, 1.165) is 21.9 Å². The standard InChI is InChI=1S/C25H29N3O4S/c1-5-20(19-9-7-8-10-22(19)32-15-23(29)28(3)4)26-24(30)21-16-33-25(27-21)17-11-13-18(14-12-17)31-6-2/h7-14,16,20H,5-6,15H2,1-4H3,(H,26,30). The normalized spacial score (nSPS) is 11.5. The number of benzene rings is 2. The van der Waals surface area contributed by atoms with Gasteiger partial charge in [-0.15, -0.1) is 11.3 Å². The molecule has 1 unspecified atom stereocenters.